The molecule has 1 heterocycles. The van der Waals surface area contributed by atoms with E-state index in [2.05, 4.69) is 37.2 Å². The zero-order valence-electron chi connectivity index (χ0n) is 13.7. The van der Waals surface area contributed by atoms with Crippen LogP contribution < -0.4 is 5.32 Å². The van der Waals surface area contributed by atoms with Gasteiger partial charge in [0.15, 0.2) is 0 Å². The van der Waals surface area contributed by atoms with Gasteiger partial charge in [-0.15, -0.1) is 0 Å². The molecule has 1 saturated heterocycles. The van der Waals surface area contributed by atoms with Crippen molar-refractivity contribution in [2.45, 2.75) is 12.8 Å². The number of rotatable bonds is 7. The fraction of sp³-hybridized carbons (Fsp3) is 0.250. The quantitative estimate of drug-likeness (QED) is 0.279. The predicted molar refractivity (Wildman–Crippen MR) is 113 cm³/mol. The number of hydrogen-bond donors (Lipinski definition) is 3. The highest BCUT2D eigenvalue weighted by Crippen LogP contribution is 2.37. The Balaban J connectivity index is 2.04. The maximum Gasteiger partial charge on any atom is 0.303 e. The molecule has 2 amide bonds. The van der Waals surface area contributed by atoms with Gasteiger partial charge >= 0.3 is 5.97 Å². The Labute approximate surface area is 181 Å². The highest BCUT2D eigenvalue weighted by Gasteiger charge is 2.33. The molecular weight excluding hydrogens is 524 g/mol. The molecule has 1 aromatic rings. The smallest absolute Gasteiger partial charge is 0.303 e. The molecule has 0 bridgehead atoms. The van der Waals surface area contributed by atoms with E-state index in [-0.39, 0.29) is 29.6 Å². The summed E-state index contributed by atoms with van der Waals surface area (Å²) in [6, 6.07) is 3.33. The number of thioether (sulfide) groups is 1. The first kappa shape index (κ1) is 21.9. The third-order valence-corrected chi connectivity index (χ3v) is 5.85. The molecule has 1 aliphatic rings. The summed E-state index contributed by atoms with van der Waals surface area (Å²) in [6.07, 6.45) is 1.76. The molecular formula is C16H14Br2N2O5S2. The average molecular weight is 538 g/mol. The lowest BCUT2D eigenvalue weighted by Crippen LogP contribution is -2.39. The summed E-state index contributed by atoms with van der Waals surface area (Å²) in [5, 5.41) is 21.2. The second-order valence-corrected chi connectivity index (χ2v) is 8.89. The molecule has 0 spiro atoms. The summed E-state index contributed by atoms with van der Waals surface area (Å²) >= 11 is 12.8. The second kappa shape index (κ2) is 9.67. The normalized spacial score (nSPS) is 15.5. The lowest BCUT2D eigenvalue weighted by Gasteiger charge is -2.14. The number of hydrogen-bond acceptors (Lipinski definition) is 6. The first-order valence-corrected chi connectivity index (χ1v) is 10.4. The third kappa shape index (κ3) is 6.03. The molecule has 144 valence electrons. The summed E-state index contributed by atoms with van der Waals surface area (Å²) in [4.78, 5) is 36.4. The van der Waals surface area contributed by atoms with Crippen molar-refractivity contribution in [2.24, 2.45) is 0 Å². The van der Waals surface area contributed by atoms with Gasteiger partial charge in [0.25, 0.3) is 5.91 Å². The summed E-state index contributed by atoms with van der Waals surface area (Å²) in [5.74, 6) is -1.81. The Hall–Kier alpha value is -1.43. The fourth-order valence-electron chi connectivity index (χ4n) is 2.14. The van der Waals surface area contributed by atoms with Crippen molar-refractivity contribution < 1.29 is 24.6 Å². The van der Waals surface area contributed by atoms with Crippen molar-refractivity contribution in [3.05, 3.63) is 31.5 Å². The summed E-state index contributed by atoms with van der Waals surface area (Å²) in [5.41, 5.74) is 0.426. The first-order valence-electron chi connectivity index (χ1n) is 7.61. The number of benzene rings is 1. The number of aromatic hydroxyl groups is 1. The van der Waals surface area contributed by atoms with Gasteiger partial charge in [-0.25, -0.2) is 0 Å². The molecule has 0 unspecified atom stereocenters. The van der Waals surface area contributed by atoms with Crippen LogP contribution in [0.15, 0.2) is 26.0 Å². The number of halogens is 2. The van der Waals surface area contributed by atoms with Crippen LogP contribution >= 0.6 is 55.8 Å². The Kier molecular flexibility index (Phi) is 7.83. The van der Waals surface area contributed by atoms with Gasteiger partial charge < -0.3 is 15.5 Å². The van der Waals surface area contributed by atoms with Crippen LogP contribution in [-0.4, -0.2) is 50.3 Å². The number of nitrogens with one attached hydrogen (secondary N) is 1. The van der Waals surface area contributed by atoms with Crippen LogP contribution in [0.5, 0.6) is 5.75 Å². The van der Waals surface area contributed by atoms with Gasteiger partial charge in [-0.2, -0.15) is 0 Å². The number of phenolic OH excluding ortho intramolecular Hbond substituents is 1. The fourth-order valence-corrected chi connectivity index (χ4v) is 4.64. The van der Waals surface area contributed by atoms with Crippen LogP contribution in [0.3, 0.4) is 0 Å². The van der Waals surface area contributed by atoms with Crippen LogP contribution in [0.25, 0.3) is 6.08 Å². The molecule has 1 aliphatic heterocycles. The monoisotopic (exact) mass is 536 g/mol. The number of aliphatic carboxylic acids is 1. The molecule has 11 heteroatoms. The molecule has 0 aliphatic carbocycles. The molecule has 2 rings (SSSR count). The number of carbonyl (C=O) groups excluding carboxylic acids is 2. The van der Waals surface area contributed by atoms with E-state index in [1.165, 1.54) is 11.0 Å². The number of carbonyl (C=O) groups is 3. The Morgan fingerprint density at radius 3 is 2.70 bits per heavy atom. The van der Waals surface area contributed by atoms with Crippen LogP contribution in [-0.2, 0) is 14.4 Å². The standard InChI is InChI=1S/C16H14Br2N2O5S2/c17-9-4-8(14(24)10(18)6-9)5-11-15(25)20(16(26)27-11)7-12(21)19-3-1-2-13(22)23/h4-6,24H,1-3,7H2,(H,19,21)(H,22,23)/b11-5-. The molecule has 1 fully saturated rings. The van der Waals surface area contributed by atoms with E-state index in [9.17, 15) is 19.5 Å². The van der Waals surface area contributed by atoms with Gasteiger partial charge in [0.05, 0.1) is 9.38 Å². The number of carboxylic acid groups (broad SMARTS) is 1. The molecule has 7 nitrogen and oxygen atoms in total. The van der Waals surface area contributed by atoms with E-state index in [4.69, 9.17) is 17.3 Å². The van der Waals surface area contributed by atoms with Crippen LogP contribution in [0, 0.1) is 0 Å². The minimum Gasteiger partial charge on any atom is -0.506 e. The van der Waals surface area contributed by atoms with Crippen molar-refractivity contribution in [2.75, 3.05) is 13.1 Å². The Morgan fingerprint density at radius 1 is 1.33 bits per heavy atom. The zero-order chi connectivity index (χ0) is 20.1. The van der Waals surface area contributed by atoms with Gasteiger partial charge in [-0.05, 0) is 40.6 Å². The van der Waals surface area contributed by atoms with Gasteiger partial charge in [-0.3, -0.25) is 19.3 Å². The highest BCUT2D eigenvalue weighted by atomic mass is 79.9. The number of amides is 2. The number of carboxylic acids is 1. The number of phenols is 1. The van der Waals surface area contributed by atoms with E-state index >= 15 is 0 Å². The summed E-state index contributed by atoms with van der Waals surface area (Å²) in [6.45, 7) is -0.0427. The van der Waals surface area contributed by atoms with E-state index in [0.717, 1.165) is 16.2 Å². The first-order chi connectivity index (χ1) is 12.7. The Bertz CT molecular complexity index is 844. The molecule has 3 N–H and O–H groups in total. The molecule has 0 aromatic heterocycles. The summed E-state index contributed by atoms with van der Waals surface area (Å²) in [7, 11) is 0. The minimum atomic E-state index is -0.936. The van der Waals surface area contributed by atoms with E-state index in [1.807, 2.05) is 0 Å². The van der Waals surface area contributed by atoms with E-state index in [0.29, 0.717) is 21.4 Å². The van der Waals surface area contributed by atoms with Crippen molar-refractivity contribution in [1.82, 2.24) is 10.2 Å². The van der Waals surface area contributed by atoms with Crippen LogP contribution in [0.2, 0.25) is 0 Å². The van der Waals surface area contributed by atoms with Gasteiger partial charge in [0, 0.05) is 23.0 Å². The third-order valence-electron chi connectivity index (χ3n) is 3.41. The second-order valence-electron chi connectivity index (χ2n) is 5.44. The lowest BCUT2D eigenvalue weighted by molar-refractivity contribution is -0.137. The van der Waals surface area contributed by atoms with Crippen LogP contribution in [0.1, 0.15) is 18.4 Å². The lowest BCUT2D eigenvalue weighted by atomic mass is 10.2. The number of thiocarbonyl (C=S) groups is 1. The van der Waals surface area contributed by atoms with Gasteiger partial charge in [-0.1, -0.05) is 39.9 Å². The SMILES string of the molecule is O=C(O)CCCNC(=O)CN1C(=O)/C(=C/c2cc(Br)cc(Br)c2O)SC1=S. The highest BCUT2D eigenvalue weighted by molar-refractivity contribution is 9.11. The average Bonchev–Trinajstić information content (AvgIpc) is 2.83. The van der Waals surface area contributed by atoms with Gasteiger partial charge in [0.1, 0.15) is 16.6 Å². The molecule has 0 saturated carbocycles. The predicted octanol–water partition coefficient (Wildman–Crippen LogP) is 3.10. The topological polar surface area (TPSA) is 107 Å². The number of nitrogens with zero attached hydrogens (tertiary/aromatic N) is 1. The van der Waals surface area contributed by atoms with Crippen molar-refractivity contribution in [3.63, 3.8) is 0 Å². The maximum atomic E-state index is 12.5. The molecule has 1 aromatic carbocycles. The summed E-state index contributed by atoms with van der Waals surface area (Å²) < 4.78 is 1.43. The minimum absolute atomic E-state index is 0.0142. The molecule has 0 atom stereocenters. The van der Waals surface area contributed by atoms with E-state index in [1.54, 1.807) is 12.1 Å². The van der Waals surface area contributed by atoms with E-state index < -0.39 is 17.8 Å². The maximum absolute atomic E-state index is 12.5. The largest absolute Gasteiger partial charge is 0.506 e. The van der Waals surface area contributed by atoms with Gasteiger partial charge in [0.2, 0.25) is 5.91 Å². The molecule has 27 heavy (non-hydrogen) atoms. The zero-order valence-corrected chi connectivity index (χ0v) is 18.5. The van der Waals surface area contributed by atoms with Crippen molar-refractivity contribution in [1.29, 1.82) is 0 Å². The van der Waals surface area contributed by atoms with Crippen molar-refractivity contribution in [3.8, 4) is 5.75 Å². The van der Waals surface area contributed by atoms with Crippen LogP contribution in [0.4, 0.5) is 0 Å². The molecule has 0 radical (unpaired) electrons. The van der Waals surface area contributed by atoms with Crippen molar-refractivity contribution >= 4 is 84.0 Å². The Morgan fingerprint density at radius 2 is 2.04 bits per heavy atom.